The Bertz CT molecular complexity index is 2790. The molecular formula is C54H53Cl2FN4O6. The van der Waals surface area contributed by atoms with Gasteiger partial charge < -0.3 is 24.4 Å². The number of pyridine rings is 1. The zero-order valence-electron chi connectivity index (χ0n) is 38.2. The average molecular weight is 944 g/mol. The monoisotopic (exact) mass is 942 g/mol. The fourth-order valence-corrected chi connectivity index (χ4v) is 9.27. The third kappa shape index (κ3) is 11.0. The molecule has 1 N–H and O–H groups in total. The number of nitrogens with zero attached hydrogens (tertiary/aromatic N) is 3. The Labute approximate surface area is 401 Å². The highest BCUT2D eigenvalue weighted by atomic mass is 35.5. The van der Waals surface area contributed by atoms with Gasteiger partial charge in [0.15, 0.2) is 0 Å². The number of hydrogen-bond acceptors (Lipinski definition) is 8. The molecule has 6 aromatic rings. The molecule has 2 amide bonds. The summed E-state index contributed by atoms with van der Waals surface area (Å²) in [6.07, 6.45) is 2.27. The van der Waals surface area contributed by atoms with Crippen LogP contribution in [-0.2, 0) is 51.6 Å². The van der Waals surface area contributed by atoms with Crippen LogP contribution in [0.1, 0.15) is 82.7 Å². The number of aromatic nitrogens is 1. The van der Waals surface area contributed by atoms with Crippen LogP contribution in [0.4, 0.5) is 4.39 Å². The van der Waals surface area contributed by atoms with E-state index in [2.05, 4.69) is 10.3 Å². The molecule has 3 heterocycles. The van der Waals surface area contributed by atoms with Crippen LogP contribution in [0.5, 0.6) is 11.5 Å². The van der Waals surface area contributed by atoms with E-state index in [1.54, 1.807) is 30.2 Å². The highest BCUT2D eigenvalue weighted by molar-refractivity contribution is 6.42. The number of amides is 2. The Morgan fingerprint density at radius 2 is 1.66 bits per heavy atom. The van der Waals surface area contributed by atoms with Crippen molar-refractivity contribution in [2.45, 2.75) is 90.9 Å². The second kappa shape index (κ2) is 20.7. The SMILES string of the molecule is CC[C@H](Oc1ccc([C@H]2CN(C(C)=O)Cc3cc4c(cc3O2)CN(Cc2cccc(F)c2)[C@H](C(=O)N[C@@H](Cc2ccc(-c3ccnc(C)c3C)cc2)C(=O)OC)C4)cc1)c1ccc(Cl)c(Cl)c1. The summed E-state index contributed by atoms with van der Waals surface area (Å²) >= 11 is 12.5. The van der Waals surface area contributed by atoms with Gasteiger partial charge in [0.05, 0.1) is 29.7 Å². The van der Waals surface area contributed by atoms with Gasteiger partial charge in [-0.05, 0) is 131 Å². The molecule has 2 aliphatic heterocycles. The second-order valence-corrected chi connectivity index (χ2v) is 18.1. The van der Waals surface area contributed by atoms with Gasteiger partial charge in [0.2, 0.25) is 11.8 Å². The third-order valence-corrected chi connectivity index (χ3v) is 13.6. The zero-order chi connectivity index (χ0) is 47.4. The highest BCUT2D eigenvalue weighted by Gasteiger charge is 2.36. The first-order valence-electron chi connectivity index (χ1n) is 22.4. The minimum absolute atomic E-state index is 0.101. The predicted octanol–water partition coefficient (Wildman–Crippen LogP) is 10.7. The largest absolute Gasteiger partial charge is 0.486 e. The number of carbonyl (C=O) groups is 3. The van der Waals surface area contributed by atoms with Crippen molar-refractivity contribution in [3.05, 3.63) is 181 Å². The molecule has 0 saturated carbocycles. The van der Waals surface area contributed by atoms with Crippen molar-refractivity contribution in [1.82, 2.24) is 20.1 Å². The standard InChI is InChI=1S/C54H53Cl2FN4O6/c1-6-50(39-16-19-46(55)47(56)25-39)66-44-17-14-38(15-18-44)52-31-60(34(4)62)30-42-24-40-26-49(61(29-41(40)27-51(42)67-52)28-36-8-7-9-43(57)22-36)53(63)59-48(54(64)65-5)23-35-10-12-37(13-11-35)45-20-21-58-33(3)32(45)2/h7-22,24-25,27,48-50,52H,6,23,26,28-31H2,1-5H3,(H,59,63)/t48-,49-,50-,52+/m0/s1. The molecule has 1 aromatic heterocycles. The normalized spacial score (nSPS) is 16.7. The first-order valence-corrected chi connectivity index (χ1v) is 23.2. The molecule has 10 nitrogen and oxygen atoms in total. The van der Waals surface area contributed by atoms with Crippen molar-refractivity contribution in [2.75, 3.05) is 13.7 Å². The van der Waals surface area contributed by atoms with E-state index in [4.69, 9.17) is 37.4 Å². The molecule has 0 saturated heterocycles. The molecule has 0 spiro atoms. The van der Waals surface area contributed by atoms with Crippen LogP contribution in [0, 0.1) is 19.7 Å². The minimum atomic E-state index is -0.969. The van der Waals surface area contributed by atoms with Crippen molar-refractivity contribution in [2.24, 2.45) is 0 Å². The molecule has 346 valence electrons. The number of esters is 1. The maximum absolute atomic E-state index is 14.6. The van der Waals surface area contributed by atoms with E-state index in [9.17, 15) is 18.8 Å². The number of rotatable bonds is 13. The van der Waals surface area contributed by atoms with E-state index in [1.165, 1.54) is 19.2 Å². The van der Waals surface area contributed by atoms with Crippen molar-refractivity contribution >= 4 is 41.0 Å². The van der Waals surface area contributed by atoms with E-state index in [0.717, 1.165) is 55.8 Å². The van der Waals surface area contributed by atoms with Crippen LogP contribution >= 0.6 is 23.2 Å². The number of fused-ring (bicyclic) bond motifs is 2. The number of ether oxygens (including phenoxy) is 3. The summed E-state index contributed by atoms with van der Waals surface area (Å²) in [6, 6.07) is 31.8. The number of carbonyl (C=O) groups excluding carboxylic acids is 3. The van der Waals surface area contributed by atoms with Gasteiger partial charge in [0.25, 0.3) is 0 Å². The Balaban J connectivity index is 1.04. The van der Waals surface area contributed by atoms with Crippen molar-refractivity contribution < 1.29 is 33.0 Å². The molecule has 0 unspecified atom stereocenters. The van der Waals surface area contributed by atoms with E-state index in [1.807, 2.05) is 111 Å². The third-order valence-electron chi connectivity index (χ3n) is 12.8. The molecule has 0 fully saturated rings. The summed E-state index contributed by atoms with van der Waals surface area (Å²) in [5.41, 5.74) is 10.1. The van der Waals surface area contributed by atoms with Gasteiger partial charge in [-0.1, -0.05) is 84.7 Å². The number of hydrogen-bond donors (Lipinski definition) is 1. The summed E-state index contributed by atoms with van der Waals surface area (Å²) in [4.78, 5) is 49.1. The van der Waals surface area contributed by atoms with Gasteiger partial charge in [-0.2, -0.15) is 0 Å². The summed E-state index contributed by atoms with van der Waals surface area (Å²) in [5.74, 6) is -0.0953. The Kier molecular flexibility index (Phi) is 14.6. The lowest BCUT2D eigenvalue weighted by Crippen LogP contribution is -2.54. The number of aryl methyl sites for hydroxylation is 1. The quantitative estimate of drug-likeness (QED) is 0.114. The van der Waals surface area contributed by atoms with E-state index in [0.29, 0.717) is 59.6 Å². The number of benzene rings is 5. The molecule has 2 aliphatic rings. The van der Waals surface area contributed by atoms with E-state index < -0.39 is 24.2 Å². The fraction of sp³-hybridized carbons (Fsp3) is 0.296. The Hall–Kier alpha value is -6.27. The summed E-state index contributed by atoms with van der Waals surface area (Å²) in [6.45, 7) is 8.83. The first-order chi connectivity index (χ1) is 32.3. The second-order valence-electron chi connectivity index (χ2n) is 17.3. The molecular weight excluding hydrogens is 891 g/mol. The lowest BCUT2D eigenvalue weighted by atomic mass is 9.90. The lowest BCUT2D eigenvalue weighted by Gasteiger charge is -2.37. The molecule has 8 rings (SSSR count). The van der Waals surface area contributed by atoms with Crippen LogP contribution in [0.3, 0.4) is 0 Å². The average Bonchev–Trinajstić information content (AvgIpc) is 3.51. The van der Waals surface area contributed by atoms with Crippen LogP contribution in [0.25, 0.3) is 11.1 Å². The highest BCUT2D eigenvalue weighted by Crippen LogP contribution is 2.38. The van der Waals surface area contributed by atoms with Gasteiger partial charge >= 0.3 is 5.97 Å². The summed E-state index contributed by atoms with van der Waals surface area (Å²) < 4.78 is 32.9. The maximum Gasteiger partial charge on any atom is 0.328 e. The maximum atomic E-state index is 14.6. The molecule has 13 heteroatoms. The Morgan fingerprint density at radius 3 is 2.36 bits per heavy atom. The van der Waals surface area contributed by atoms with Crippen molar-refractivity contribution in [3.8, 4) is 22.6 Å². The van der Waals surface area contributed by atoms with Gasteiger partial charge in [-0.15, -0.1) is 0 Å². The molecule has 0 radical (unpaired) electrons. The first kappa shape index (κ1) is 47.2. The fourth-order valence-electron chi connectivity index (χ4n) is 8.96. The van der Waals surface area contributed by atoms with E-state index in [-0.39, 0.29) is 36.7 Å². The molecule has 0 bridgehead atoms. The summed E-state index contributed by atoms with van der Waals surface area (Å²) in [7, 11) is 1.31. The van der Waals surface area contributed by atoms with Crippen LogP contribution in [0.15, 0.2) is 115 Å². The van der Waals surface area contributed by atoms with Crippen molar-refractivity contribution in [1.29, 1.82) is 0 Å². The minimum Gasteiger partial charge on any atom is -0.486 e. The number of methoxy groups -OCH3 is 1. The lowest BCUT2D eigenvalue weighted by molar-refractivity contribution is -0.146. The Morgan fingerprint density at radius 1 is 0.881 bits per heavy atom. The predicted molar refractivity (Wildman–Crippen MR) is 257 cm³/mol. The molecule has 5 aromatic carbocycles. The van der Waals surface area contributed by atoms with Gasteiger partial charge in [-0.3, -0.25) is 19.5 Å². The number of halogens is 3. The molecule has 67 heavy (non-hydrogen) atoms. The van der Waals surface area contributed by atoms with Crippen LogP contribution in [-0.4, -0.2) is 58.3 Å². The topological polar surface area (TPSA) is 110 Å². The van der Waals surface area contributed by atoms with E-state index >= 15 is 0 Å². The summed E-state index contributed by atoms with van der Waals surface area (Å²) in [5, 5.41) is 3.97. The van der Waals surface area contributed by atoms with Crippen LogP contribution in [0.2, 0.25) is 10.0 Å². The molecule has 4 atom stereocenters. The number of nitrogens with one attached hydrogen (secondary N) is 1. The smallest absolute Gasteiger partial charge is 0.328 e. The van der Waals surface area contributed by atoms with Crippen molar-refractivity contribution in [3.63, 3.8) is 0 Å². The van der Waals surface area contributed by atoms with Gasteiger partial charge in [0.1, 0.15) is 35.6 Å². The van der Waals surface area contributed by atoms with Gasteiger partial charge in [-0.25, -0.2) is 9.18 Å². The molecule has 0 aliphatic carbocycles. The zero-order valence-corrected chi connectivity index (χ0v) is 39.7. The van der Waals surface area contributed by atoms with Crippen LogP contribution < -0.4 is 14.8 Å². The van der Waals surface area contributed by atoms with Gasteiger partial charge in [0, 0.05) is 50.4 Å².